The van der Waals surface area contributed by atoms with Crippen molar-refractivity contribution in [3.05, 3.63) is 52.6 Å². The number of nitrogens with zero attached hydrogens (tertiary/aromatic N) is 2. The van der Waals surface area contributed by atoms with Crippen LogP contribution in [0.2, 0.25) is 0 Å². The monoisotopic (exact) mass is 459 g/mol. The first kappa shape index (κ1) is 22.3. The van der Waals surface area contributed by atoms with Gasteiger partial charge in [-0.15, -0.1) is 0 Å². The standard InChI is InChI=1S/C17H16F3N5O5S/c1-31(27,28)22-8-9-29-12-6-7-21-14(13(12)15-24-16(26)30-25-15)23-11-4-2-10(3-5-11)17(18,19)20/h2-7,22H,8-9H2,1H3,(H,21,23)(H,24,25,26). The van der Waals surface area contributed by atoms with Gasteiger partial charge in [-0.2, -0.15) is 13.2 Å². The van der Waals surface area contributed by atoms with Gasteiger partial charge in [0.15, 0.2) is 5.82 Å². The SMILES string of the molecule is CS(=O)(=O)NCCOc1ccnc(Nc2ccc(C(F)(F)F)cc2)c1-c1noc(=O)[nH]1. The molecule has 0 aliphatic rings. The number of aromatic nitrogens is 3. The van der Waals surface area contributed by atoms with Crippen LogP contribution >= 0.6 is 0 Å². The fourth-order valence-corrected chi connectivity index (χ4v) is 2.95. The van der Waals surface area contributed by atoms with Crippen LogP contribution in [0.25, 0.3) is 11.4 Å². The van der Waals surface area contributed by atoms with Gasteiger partial charge in [-0.25, -0.2) is 22.9 Å². The molecule has 10 nitrogen and oxygen atoms in total. The zero-order chi connectivity index (χ0) is 22.6. The maximum atomic E-state index is 12.8. The molecule has 0 saturated carbocycles. The summed E-state index contributed by atoms with van der Waals surface area (Å²) in [7, 11) is -3.41. The van der Waals surface area contributed by atoms with E-state index >= 15 is 0 Å². The number of rotatable bonds is 8. The lowest BCUT2D eigenvalue weighted by atomic mass is 10.2. The molecule has 0 saturated heterocycles. The number of benzene rings is 1. The lowest BCUT2D eigenvalue weighted by molar-refractivity contribution is -0.137. The second kappa shape index (κ2) is 8.77. The number of anilines is 2. The van der Waals surface area contributed by atoms with Crippen LogP contribution in [-0.4, -0.2) is 42.9 Å². The van der Waals surface area contributed by atoms with Crippen LogP contribution in [0.1, 0.15) is 5.56 Å². The van der Waals surface area contributed by atoms with E-state index in [9.17, 15) is 26.4 Å². The van der Waals surface area contributed by atoms with E-state index in [4.69, 9.17) is 4.74 Å². The van der Waals surface area contributed by atoms with Crippen molar-refractivity contribution in [3.8, 4) is 17.1 Å². The lowest BCUT2D eigenvalue weighted by Crippen LogP contribution is -2.27. The Morgan fingerprint density at radius 2 is 1.90 bits per heavy atom. The number of hydrogen-bond donors (Lipinski definition) is 3. The number of nitrogens with one attached hydrogen (secondary N) is 3. The fraction of sp³-hybridized carbons (Fsp3) is 0.235. The number of pyridine rings is 1. The van der Waals surface area contributed by atoms with Crippen molar-refractivity contribution >= 4 is 21.5 Å². The highest BCUT2D eigenvalue weighted by atomic mass is 32.2. The maximum Gasteiger partial charge on any atom is 0.439 e. The summed E-state index contributed by atoms with van der Waals surface area (Å²) in [6, 6.07) is 5.67. The molecule has 2 aromatic heterocycles. The van der Waals surface area contributed by atoms with Crippen LogP contribution in [0.4, 0.5) is 24.7 Å². The Hall–Kier alpha value is -3.39. The number of ether oxygens (including phenoxy) is 1. The van der Waals surface area contributed by atoms with Gasteiger partial charge in [-0.1, -0.05) is 5.16 Å². The van der Waals surface area contributed by atoms with Gasteiger partial charge in [0, 0.05) is 18.4 Å². The molecule has 166 valence electrons. The van der Waals surface area contributed by atoms with Crippen molar-refractivity contribution in [1.29, 1.82) is 0 Å². The van der Waals surface area contributed by atoms with Crippen molar-refractivity contribution in [2.24, 2.45) is 0 Å². The molecule has 3 N–H and O–H groups in total. The van der Waals surface area contributed by atoms with Gasteiger partial charge >= 0.3 is 11.9 Å². The molecule has 3 rings (SSSR count). The van der Waals surface area contributed by atoms with Gasteiger partial charge in [0.2, 0.25) is 10.0 Å². The van der Waals surface area contributed by atoms with Gasteiger partial charge in [-0.05, 0) is 30.3 Å². The summed E-state index contributed by atoms with van der Waals surface area (Å²) in [4.78, 5) is 17.9. The number of aromatic amines is 1. The summed E-state index contributed by atoms with van der Waals surface area (Å²) in [5.41, 5.74) is -0.376. The normalized spacial score (nSPS) is 12.0. The maximum absolute atomic E-state index is 12.8. The van der Waals surface area contributed by atoms with Gasteiger partial charge in [0.25, 0.3) is 0 Å². The molecule has 0 amide bonds. The van der Waals surface area contributed by atoms with Crippen LogP contribution in [0.5, 0.6) is 5.75 Å². The first-order chi connectivity index (χ1) is 14.5. The minimum atomic E-state index is -4.48. The average Bonchev–Trinajstić information content (AvgIpc) is 3.10. The van der Waals surface area contributed by atoms with Crippen molar-refractivity contribution in [1.82, 2.24) is 19.8 Å². The first-order valence-corrected chi connectivity index (χ1v) is 10.5. The Morgan fingerprint density at radius 3 is 2.48 bits per heavy atom. The lowest BCUT2D eigenvalue weighted by Gasteiger charge is -2.15. The Bertz CT molecular complexity index is 1210. The topological polar surface area (TPSA) is 139 Å². The summed E-state index contributed by atoms with van der Waals surface area (Å²) >= 11 is 0. The van der Waals surface area contributed by atoms with E-state index in [0.717, 1.165) is 18.4 Å². The van der Waals surface area contributed by atoms with E-state index in [1.54, 1.807) is 0 Å². The smallest absolute Gasteiger partial charge is 0.439 e. The quantitative estimate of drug-likeness (QED) is 0.436. The van der Waals surface area contributed by atoms with Gasteiger partial charge in [0.1, 0.15) is 23.7 Å². The van der Waals surface area contributed by atoms with Gasteiger partial charge in [-0.3, -0.25) is 9.51 Å². The molecule has 2 heterocycles. The fourth-order valence-electron chi connectivity index (χ4n) is 2.49. The van der Waals surface area contributed by atoms with E-state index in [-0.39, 0.29) is 41.8 Å². The first-order valence-electron chi connectivity index (χ1n) is 8.60. The summed E-state index contributed by atoms with van der Waals surface area (Å²) in [6.07, 6.45) is -2.12. The van der Waals surface area contributed by atoms with Crippen LogP contribution in [0.3, 0.4) is 0 Å². The van der Waals surface area contributed by atoms with Crippen molar-refractivity contribution in [2.45, 2.75) is 6.18 Å². The summed E-state index contributed by atoms with van der Waals surface area (Å²) in [5.74, 6) is -0.607. The van der Waals surface area contributed by atoms with Crippen molar-refractivity contribution < 1.29 is 30.8 Å². The Morgan fingerprint density at radius 1 is 1.19 bits per heavy atom. The summed E-state index contributed by atoms with van der Waals surface area (Å²) in [5, 5.41) is 6.44. The molecular formula is C17H16F3N5O5S. The highest BCUT2D eigenvalue weighted by Crippen LogP contribution is 2.35. The molecule has 31 heavy (non-hydrogen) atoms. The molecule has 1 aromatic carbocycles. The summed E-state index contributed by atoms with van der Waals surface area (Å²) in [6.45, 7) is -0.0938. The van der Waals surface area contributed by atoms with Crippen LogP contribution in [0.15, 0.2) is 45.8 Å². The number of alkyl halides is 3. The molecule has 0 atom stereocenters. The van der Waals surface area contributed by atoms with E-state index in [1.165, 1.54) is 24.4 Å². The molecule has 0 spiro atoms. The average molecular weight is 459 g/mol. The van der Waals surface area contributed by atoms with E-state index in [1.807, 2.05) is 0 Å². The Balaban J connectivity index is 1.89. The second-order valence-electron chi connectivity index (χ2n) is 6.19. The predicted octanol–water partition coefficient (Wildman–Crippen LogP) is 2.12. The number of H-pyrrole nitrogens is 1. The van der Waals surface area contributed by atoms with E-state index in [2.05, 4.69) is 29.7 Å². The third-order valence-electron chi connectivity index (χ3n) is 3.79. The largest absolute Gasteiger partial charge is 0.491 e. The minimum absolute atomic E-state index is 0.0302. The van der Waals surface area contributed by atoms with E-state index in [0.29, 0.717) is 0 Å². The molecular weight excluding hydrogens is 443 g/mol. The number of hydrogen-bond acceptors (Lipinski definition) is 8. The highest BCUT2D eigenvalue weighted by Gasteiger charge is 2.30. The van der Waals surface area contributed by atoms with Crippen LogP contribution in [0, 0.1) is 0 Å². The van der Waals surface area contributed by atoms with Gasteiger partial charge in [0.05, 0.1) is 11.8 Å². The Labute approximate surface area is 173 Å². The molecule has 3 aromatic rings. The van der Waals surface area contributed by atoms with Gasteiger partial charge < -0.3 is 10.1 Å². The molecule has 14 heteroatoms. The molecule has 0 aliphatic carbocycles. The van der Waals surface area contributed by atoms with Crippen LogP contribution in [-0.2, 0) is 16.2 Å². The Kier molecular flexibility index (Phi) is 6.31. The van der Waals surface area contributed by atoms with Crippen molar-refractivity contribution in [3.63, 3.8) is 0 Å². The summed E-state index contributed by atoms with van der Waals surface area (Å²) < 4.78 is 73.0. The molecule has 0 bridgehead atoms. The second-order valence-corrected chi connectivity index (χ2v) is 8.02. The molecule has 0 fully saturated rings. The molecule has 0 radical (unpaired) electrons. The zero-order valence-corrected chi connectivity index (χ0v) is 16.7. The molecule has 0 aliphatic heterocycles. The number of halogens is 3. The predicted molar refractivity (Wildman–Crippen MR) is 103 cm³/mol. The third-order valence-corrected chi connectivity index (χ3v) is 4.52. The minimum Gasteiger partial charge on any atom is -0.491 e. The highest BCUT2D eigenvalue weighted by molar-refractivity contribution is 7.88. The zero-order valence-electron chi connectivity index (χ0n) is 15.9. The third kappa shape index (κ3) is 6.05. The van der Waals surface area contributed by atoms with Crippen molar-refractivity contribution in [2.75, 3.05) is 24.7 Å². The van der Waals surface area contributed by atoms with E-state index < -0.39 is 27.5 Å². The van der Waals surface area contributed by atoms with Crippen LogP contribution < -0.4 is 20.5 Å². The number of sulfonamides is 1. The molecule has 0 unspecified atom stereocenters.